The first-order valence-corrected chi connectivity index (χ1v) is 5.59. The van der Waals surface area contributed by atoms with Gasteiger partial charge in [-0.25, -0.2) is 0 Å². The quantitative estimate of drug-likeness (QED) is 0.851. The highest BCUT2D eigenvalue weighted by Crippen LogP contribution is 2.17. The summed E-state index contributed by atoms with van der Waals surface area (Å²) in [6, 6.07) is 6.83. The number of nitrogens with zero attached hydrogens (tertiary/aromatic N) is 1. The van der Waals surface area contributed by atoms with Crippen LogP contribution in [0.4, 0.5) is 0 Å². The fraction of sp³-hybridized carbons (Fsp3) is 0.333. The Balaban J connectivity index is 2.64. The summed E-state index contributed by atoms with van der Waals surface area (Å²) in [6.07, 6.45) is 0. The number of halogens is 1. The summed E-state index contributed by atoms with van der Waals surface area (Å²) in [5.41, 5.74) is 1.39. The van der Waals surface area contributed by atoms with Crippen molar-refractivity contribution in [3.8, 4) is 6.07 Å². The van der Waals surface area contributed by atoms with Crippen molar-refractivity contribution >= 4 is 17.5 Å². The molecule has 0 aromatic heterocycles. The molecule has 4 nitrogen and oxygen atoms in total. The van der Waals surface area contributed by atoms with Crippen molar-refractivity contribution in [2.75, 3.05) is 7.05 Å². The SMILES string of the molecule is CNC(=O)C(C)NCc1ccc(C#N)cc1Cl. The summed E-state index contributed by atoms with van der Waals surface area (Å²) < 4.78 is 0. The average Bonchev–Trinajstić information content (AvgIpc) is 2.35. The van der Waals surface area contributed by atoms with E-state index >= 15 is 0 Å². The Labute approximate surface area is 106 Å². The van der Waals surface area contributed by atoms with Gasteiger partial charge in [-0.1, -0.05) is 17.7 Å². The first-order chi connectivity index (χ1) is 8.08. The lowest BCUT2D eigenvalue weighted by molar-refractivity contribution is -0.122. The summed E-state index contributed by atoms with van der Waals surface area (Å²) in [5.74, 6) is -0.0743. The molecule has 1 aromatic rings. The molecule has 0 radical (unpaired) electrons. The third-order valence-corrected chi connectivity index (χ3v) is 2.77. The lowest BCUT2D eigenvalue weighted by Crippen LogP contribution is -2.40. The van der Waals surface area contributed by atoms with E-state index in [0.717, 1.165) is 5.56 Å². The molecular weight excluding hydrogens is 238 g/mol. The number of hydrogen-bond donors (Lipinski definition) is 2. The second-order valence-corrected chi connectivity index (χ2v) is 4.04. The summed E-state index contributed by atoms with van der Waals surface area (Å²) >= 11 is 6.01. The molecule has 1 aromatic carbocycles. The monoisotopic (exact) mass is 251 g/mol. The second kappa shape index (κ2) is 6.24. The number of nitrogens with one attached hydrogen (secondary N) is 2. The molecule has 0 aliphatic rings. The smallest absolute Gasteiger partial charge is 0.236 e. The molecule has 90 valence electrons. The van der Waals surface area contributed by atoms with Crippen molar-refractivity contribution in [1.29, 1.82) is 5.26 Å². The molecule has 1 rings (SSSR count). The first-order valence-electron chi connectivity index (χ1n) is 5.22. The van der Waals surface area contributed by atoms with Crippen LogP contribution in [0, 0.1) is 11.3 Å². The van der Waals surface area contributed by atoms with Crippen LogP contribution in [0.25, 0.3) is 0 Å². The fourth-order valence-electron chi connectivity index (χ4n) is 1.33. The Bertz CT molecular complexity index is 454. The van der Waals surface area contributed by atoms with E-state index in [1.165, 1.54) is 0 Å². The maximum atomic E-state index is 11.3. The number of rotatable bonds is 4. The van der Waals surface area contributed by atoms with Gasteiger partial charge in [0.1, 0.15) is 0 Å². The molecule has 1 atom stereocenters. The molecule has 0 aliphatic carbocycles. The molecule has 1 unspecified atom stereocenters. The second-order valence-electron chi connectivity index (χ2n) is 3.63. The highest BCUT2D eigenvalue weighted by molar-refractivity contribution is 6.31. The highest BCUT2D eigenvalue weighted by atomic mass is 35.5. The zero-order valence-electron chi connectivity index (χ0n) is 9.75. The number of nitriles is 1. The molecule has 5 heteroatoms. The van der Waals surface area contributed by atoms with Crippen molar-refractivity contribution in [3.63, 3.8) is 0 Å². The van der Waals surface area contributed by atoms with E-state index in [0.29, 0.717) is 17.1 Å². The van der Waals surface area contributed by atoms with Gasteiger partial charge in [-0.2, -0.15) is 5.26 Å². The molecule has 2 N–H and O–H groups in total. The Morgan fingerprint density at radius 3 is 2.82 bits per heavy atom. The molecule has 0 heterocycles. The van der Waals surface area contributed by atoms with Crippen molar-refractivity contribution in [2.45, 2.75) is 19.5 Å². The number of carbonyl (C=O) groups is 1. The zero-order chi connectivity index (χ0) is 12.8. The molecule has 0 saturated heterocycles. The number of hydrogen-bond acceptors (Lipinski definition) is 3. The van der Waals surface area contributed by atoms with E-state index in [9.17, 15) is 4.79 Å². The molecule has 0 aliphatic heterocycles. The molecule has 17 heavy (non-hydrogen) atoms. The van der Waals surface area contributed by atoms with Crippen LogP contribution < -0.4 is 10.6 Å². The lowest BCUT2D eigenvalue weighted by Gasteiger charge is -2.12. The van der Waals surface area contributed by atoms with E-state index < -0.39 is 0 Å². The van der Waals surface area contributed by atoms with Gasteiger partial charge in [-0.15, -0.1) is 0 Å². The van der Waals surface area contributed by atoms with Gasteiger partial charge < -0.3 is 10.6 Å². The van der Waals surface area contributed by atoms with Crippen LogP contribution >= 0.6 is 11.6 Å². The maximum Gasteiger partial charge on any atom is 0.236 e. The van der Waals surface area contributed by atoms with Crippen LogP contribution in [0.3, 0.4) is 0 Å². The standard InChI is InChI=1S/C12H14ClN3O/c1-8(12(17)15-2)16-7-10-4-3-9(6-14)5-11(10)13/h3-5,8,16H,7H2,1-2H3,(H,15,17). The number of benzene rings is 1. The summed E-state index contributed by atoms with van der Waals surface area (Å²) in [6.45, 7) is 2.26. The predicted molar refractivity (Wildman–Crippen MR) is 66.5 cm³/mol. The molecule has 0 saturated carbocycles. The van der Waals surface area contributed by atoms with Crippen molar-refractivity contribution in [3.05, 3.63) is 34.3 Å². The van der Waals surface area contributed by atoms with Crippen LogP contribution in [-0.4, -0.2) is 19.0 Å². The molecule has 0 fully saturated rings. The molecular formula is C12H14ClN3O. The van der Waals surface area contributed by atoms with Crippen LogP contribution in [0.5, 0.6) is 0 Å². The lowest BCUT2D eigenvalue weighted by atomic mass is 10.1. The Morgan fingerprint density at radius 1 is 1.59 bits per heavy atom. The molecule has 0 spiro atoms. The van der Waals surface area contributed by atoms with Crippen LogP contribution in [0.2, 0.25) is 5.02 Å². The van der Waals surface area contributed by atoms with E-state index in [-0.39, 0.29) is 11.9 Å². The van der Waals surface area contributed by atoms with Crippen molar-refractivity contribution < 1.29 is 4.79 Å². The Morgan fingerprint density at radius 2 is 2.29 bits per heavy atom. The predicted octanol–water partition coefficient (Wildman–Crippen LogP) is 1.44. The normalized spacial score (nSPS) is 11.6. The van der Waals surface area contributed by atoms with Gasteiger partial charge in [0.05, 0.1) is 17.7 Å². The Hall–Kier alpha value is -1.57. The van der Waals surface area contributed by atoms with E-state index in [1.807, 2.05) is 6.07 Å². The van der Waals surface area contributed by atoms with E-state index in [4.69, 9.17) is 16.9 Å². The first kappa shape index (κ1) is 13.5. The van der Waals surface area contributed by atoms with E-state index in [2.05, 4.69) is 10.6 Å². The third kappa shape index (κ3) is 3.74. The van der Waals surface area contributed by atoms with Crippen LogP contribution in [0.1, 0.15) is 18.1 Å². The number of amides is 1. The van der Waals surface area contributed by atoms with Gasteiger partial charge in [0.15, 0.2) is 0 Å². The number of likely N-dealkylation sites (N-methyl/N-ethyl adjacent to an activating group) is 1. The maximum absolute atomic E-state index is 11.3. The summed E-state index contributed by atoms with van der Waals surface area (Å²) in [4.78, 5) is 11.3. The molecule has 1 amide bonds. The van der Waals surface area contributed by atoms with Gasteiger partial charge in [0.25, 0.3) is 0 Å². The zero-order valence-corrected chi connectivity index (χ0v) is 10.5. The van der Waals surface area contributed by atoms with Crippen molar-refractivity contribution in [2.24, 2.45) is 0 Å². The minimum atomic E-state index is -0.285. The van der Waals surface area contributed by atoms with Gasteiger partial charge in [-0.3, -0.25) is 4.79 Å². The largest absolute Gasteiger partial charge is 0.358 e. The highest BCUT2D eigenvalue weighted by Gasteiger charge is 2.10. The van der Waals surface area contributed by atoms with Gasteiger partial charge >= 0.3 is 0 Å². The summed E-state index contributed by atoms with van der Waals surface area (Å²) in [7, 11) is 1.59. The van der Waals surface area contributed by atoms with Gasteiger partial charge in [0.2, 0.25) is 5.91 Å². The van der Waals surface area contributed by atoms with E-state index in [1.54, 1.807) is 32.2 Å². The van der Waals surface area contributed by atoms with Gasteiger partial charge in [0, 0.05) is 18.6 Å². The topological polar surface area (TPSA) is 64.9 Å². The fourth-order valence-corrected chi connectivity index (χ4v) is 1.58. The summed E-state index contributed by atoms with van der Waals surface area (Å²) in [5, 5.41) is 14.8. The Kier molecular flexibility index (Phi) is 4.95. The third-order valence-electron chi connectivity index (χ3n) is 2.42. The van der Waals surface area contributed by atoms with Crippen LogP contribution in [0.15, 0.2) is 18.2 Å². The minimum absolute atomic E-state index is 0.0743. The average molecular weight is 252 g/mol. The van der Waals surface area contributed by atoms with Crippen molar-refractivity contribution in [1.82, 2.24) is 10.6 Å². The van der Waals surface area contributed by atoms with Crippen LogP contribution in [-0.2, 0) is 11.3 Å². The molecule has 0 bridgehead atoms. The minimum Gasteiger partial charge on any atom is -0.358 e. The van der Waals surface area contributed by atoms with Gasteiger partial charge in [-0.05, 0) is 24.6 Å². The number of carbonyl (C=O) groups excluding carboxylic acids is 1.